The van der Waals surface area contributed by atoms with Gasteiger partial charge in [0.15, 0.2) is 11.5 Å². The number of likely N-dealkylation sites (N-methyl/N-ethyl adjacent to an activating group) is 1. The predicted octanol–water partition coefficient (Wildman–Crippen LogP) is -2.11. The average molecular weight is 244 g/mol. The van der Waals surface area contributed by atoms with E-state index in [0.29, 0.717) is 12.1 Å². The molecule has 0 aliphatic heterocycles. The fourth-order valence-electron chi connectivity index (χ4n) is 1.06. The molecule has 0 saturated heterocycles. The zero-order valence-electron chi connectivity index (χ0n) is 9.77. The number of benzene rings is 1. The van der Waals surface area contributed by atoms with E-state index in [1.807, 2.05) is 0 Å². The molecule has 0 aliphatic rings. The molecule has 4 nitrogen and oxygen atoms in total. The van der Waals surface area contributed by atoms with Gasteiger partial charge in [-0.2, -0.15) is 0 Å². The number of aliphatic hydroxyl groups excluding tert-OH is 1. The third kappa shape index (κ3) is 5.06. The first kappa shape index (κ1) is 17.4. The summed E-state index contributed by atoms with van der Waals surface area (Å²) in [4.78, 5) is 0. The summed E-state index contributed by atoms with van der Waals surface area (Å²) >= 11 is 0. The van der Waals surface area contributed by atoms with Crippen molar-refractivity contribution in [3.05, 3.63) is 23.8 Å². The van der Waals surface area contributed by atoms with Gasteiger partial charge >= 0.3 is 29.6 Å². The van der Waals surface area contributed by atoms with Gasteiger partial charge in [0, 0.05) is 6.54 Å². The Balaban J connectivity index is -0.000000563. The Labute approximate surface area is 119 Å². The number of aromatic hydroxyl groups is 2. The molecule has 1 rings (SSSR count). The summed E-state index contributed by atoms with van der Waals surface area (Å²) in [6.07, 6.45) is -0.670. The van der Waals surface area contributed by atoms with E-state index in [-0.39, 0.29) is 54.9 Å². The number of aliphatic hydroxyl groups is 1. The van der Waals surface area contributed by atoms with E-state index in [2.05, 4.69) is 5.32 Å². The zero-order chi connectivity index (χ0) is 9.84. The van der Waals surface area contributed by atoms with Crippen LogP contribution in [0, 0.1) is 0 Å². The molecule has 0 fully saturated rings. The Kier molecular flexibility index (Phi) is 9.54. The SMILES string of the molecule is CNC[C@H](O)c1ccc(O)c(O)c1.Cl.[H-].[Na+]. The van der Waals surface area contributed by atoms with Crippen molar-refractivity contribution < 1.29 is 46.3 Å². The first-order chi connectivity index (χ1) is 6.15. The largest absolute Gasteiger partial charge is 1.00 e. The predicted molar refractivity (Wildman–Crippen MR) is 57.0 cm³/mol. The molecular weight excluding hydrogens is 229 g/mol. The molecule has 1 atom stereocenters. The molecule has 0 saturated carbocycles. The molecule has 0 spiro atoms. The zero-order valence-corrected chi connectivity index (χ0v) is 11.6. The monoisotopic (exact) mass is 243 g/mol. The topological polar surface area (TPSA) is 72.7 Å². The van der Waals surface area contributed by atoms with E-state index >= 15 is 0 Å². The van der Waals surface area contributed by atoms with Crippen LogP contribution in [0.4, 0.5) is 0 Å². The molecule has 0 heterocycles. The average Bonchev–Trinajstić information content (AvgIpc) is 2.10. The van der Waals surface area contributed by atoms with Crippen LogP contribution in [0.25, 0.3) is 0 Å². The van der Waals surface area contributed by atoms with Crippen molar-refractivity contribution in [1.29, 1.82) is 0 Å². The van der Waals surface area contributed by atoms with E-state index in [4.69, 9.17) is 10.2 Å². The molecule has 6 heteroatoms. The van der Waals surface area contributed by atoms with Crippen molar-refractivity contribution in [2.45, 2.75) is 6.10 Å². The molecule has 4 N–H and O–H groups in total. The van der Waals surface area contributed by atoms with E-state index in [1.165, 1.54) is 12.1 Å². The van der Waals surface area contributed by atoms with Crippen LogP contribution in [0.1, 0.15) is 13.1 Å². The molecule has 15 heavy (non-hydrogen) atoms. The Morgan fingerprint density at radius 3 is 2.40 bits per heavy atom. The normalized spacial score (nSPS) is 11.1. The van der Waals surface area contributed by atoms with Crippen molar-refractivity contribution in [2.75, 3.05) is 13.6 Å². The van der Waals surface area contributed by atoms with E-state index in [0.717, 1.165) is 0 Å². The molecule has 0 amide bonds. The molecule has 0 aromatic heterocycles. The number of hydrogen-bond acceptors (Lipinski definition) is 4. The molecule has 0 unspecified atom stereocenters. The Morgan fingerprint density at radius 2 is 1.93 bits per heavy atom. The molecule has 0 aliphatic carbocycles. The third-order valence-electron chi connectivity index (χ3n) is 1.78. The Hall–Kier alpha value is 0.0300. The molecule has 82 valence electrons. The second-order valence-corrected chi connectivity index (χ2v) is 2.82. The summed E-state index contributed by atoms with van der Waals surface area (Å²) < 4.78 is 0. The second-order valence-electron chi connectivity index (χ2n) is 2.82. The number of nitrogens with one attached hydrogen (secondary N) is 1. The van der Waals surface area contributed by atoms with Gasteiger partial charge in [0.2, 0.25) is 0 Å². The van der Waals surface area contributed by atoms with Crippen molar-refractivity contribution >= 4 is 12.4 Å². The second kappa shape index (κ2) is 8.21. The van der Waals surface area contributed by atoms with Gasteiger partial charge in [0.25, 0.3) is 0 Å². The van der Waals surface area contributed by atoms with Crippen LogP contribution < -0.4 is 34.9 Å². The van der Waals surface area contributed by atoms with Crippen LogP contribution in [0.15, 0.2) is 18.2 Å². The van der Waals surface area contributed by atoms with Crippen molar-refractivity contribution in [3.8, 4) is 11.5 Å². The minimum atomic E-state index is -0.670. The number of hydrogen-bond donors (Lipinski definition) is 4. The molecule has 1 aromatic rings. The van der Waals surface area contributed by atoms with Crippen molar-refractivity contribution in [2.24, 2.45) is 0 Å². The number of phenolic OH excluding ortho intramolecular Hbond substituents is 2. The van der Waals surface area contributed by atoms with Gasteiger partial charge in [0.05, 0.1) is 6.10 Å². The summed E-state index contributed by atoms with van der Waals surface area (Å²) in [7, 11) is 1.73. The minimum absolute atomic E-state index is 0. The standard InChI is InChI=1S/C9H13NO3.ClH.Na.H/c1-10-5-9(13)6-2-3-7(11)8(12)4-6;;;/h2-4,9-13H,5H2,1H3;1H;;/q;;+1;-1/t9-;;;/m0.../s1. The molecule has 0 radical (unpaired) electrons. The third-order valence-corrected chi connectivity index (χ3v) is 1.78. The van der Waals surface area contributed by atoms with E-state index in [1.54, 1.807) is 13.1 Å². The van der Waals surface area contributed by atoms with Crippen molar-refractivity contribution in [3.63, 3.8) is 0 Å². The summed E-state index contributed by atoms with van der Waals surface area (Å²) in [5.41, 5.74) is 0.574. The molecule has 1 aromatic carbocycles. The van der Waals surface area contributed by atoms with Gasteiger partial charge in [-0.05, 0) is 24.7 Å². The van der Waals surface area contributed by atoms with Crippen LogP contribution >= 0.6 is 12.4 Å². The first-order valence-corrected chi connectivity index (χ1v) is 3.99. The summed E-state index contributed by atoms with van der Waals surface area (Å²) in [6.45, 7) is 0.407. The number of phenols is 2. The van der Waals surface area contributed by atoms with Crippen molar-refractivity contribution in [1.82, 2.24) is 5.32 Å². The minimum Gasteiger partial charge on any atom is -1.00 e. The molecule has 0 bridgehead atoms. The number of rotatable bonds is 3. The Morgan fingerprint density at radius 1 is 1.33 bits per heavy atom. The fourth-order valence-corrected chi connectivity index (χ4v) is 1.06. The van der Waals surface area contributed by atoms with E-state index in [9.17, 15) is 5.11 Å². The van der Waals surface area contributed by atoms with Crippen LogP contribution in [-0.2, 0) is 0 Å². The smallest absolute Gasteiger partial charge is 1.00 e. The van der Waals surface area contributed by atoms with Gasteiger partial charge in [-0.1, -0.05) is 6.07 Å². The maximum absolute atomic E-state index is 9.48. The summed E-state index contributed by atoms with van der Waals surface area (Å²) in [5, 5.41) is 30.4. The number of halogens is 1. The van der Waals surface area contributed by atoms with E-state index < -0.39 is 6.10 Å². The quantitative estimate of drug-likeness (QED) is 0.362. The first-order valence-electron chi connectivity index (χ1n) is 3.99. The maximum Gasteiger partial charge on any atom is 1.00 e. The van der Waals surface area contributed by atoms with Gasteiger partial charge in [-0.3, -0.25) is 0 Å². The van der Waals surface area contributed by atoms with Crippen LogP contribution in [0.2, 0.25) is 0 Å². The van der Waals surface area contributed by atoms with Crippen LogP contribution in [0.3, 0.4) is 0 Å². The van der Waals surface area contributed by atoms with Gasteiger partial charge in [-0.15, -0.1) is 12.4 Å². The maximum atomic E-state index is 9.48. The van der Waals surface area contributed by atoms with Crippen LogP contribution in [0.5, 0.6) is 11.5 Å². The summed E-state index contributed by atoms with van der Waals surface area (Å²) in [6, 6.07) is 4.26. The Bertz CT molecular complexity index is 304. The van der Waals surface area contributed by atoms with Gasteiger partial charge < -0.3 is 22.1 Å². The fraction of sp³-hybridized carbons (Fsp3) is 0.333. The summed E-state index contributed by atoms with van der Waals surface area (Å²) in [5.74, 6) is -0.395. The van der Waals surface area contributed by atoms with Gasteiger partial charge in [-0.25, -0.2) is 0 Å². The molecular formula is C9H15ClNNaO3. The van der Waals surface area contributed by atoms with Crippen LogP contribution in [-0.4, -0.2) is 28.9 Å². The van der Waals surface area contributed by atoms with Gasteiger partial charge in [0.1, 0.15) is 0 Å².